The van der Waals surface area contributed by atoms with Gasteiger partial charge in [0, 0.05) is 13.6 Å². The molecular weight excluding hydrogens is 256 g/mol. The van der Waals surface area contributed by atoms with E-state index >= 15 is 0 Å². The van der Waals surface area contributed by atoms with Crippen LogP contribution in [-0.4, -0.2) is 33.0 Å². The van der Waals surface area contributed by atoms with Gasteiger partial charge in [0.05, 0.1) is 0 Å². The zero-order valence-electron chi connectivity index (χ0n) is 10.0. The number of nitrogen functional groups attached to an aromatic ring is 1. The fraction of sp³-hybridized carbons (Fsp3) is 0.182. The van der Waals surface area contributed by atoms with Gasteiger partial charge in [-0.25, -0.2) is 8.78 Å². The molecule has 2 rings (SSSR count). The molecule has 0 spiro atoms. The van der Waals surface area contributed by atoms with Crippen molar-refractivity contribution in [3.8, 4) is 0 Å². The van der Waals surface area contributed by atoms with Gasteiger partial charge >= 0.3 is 0 Å². The summed E-state index contributed by atoms with van der Waals surface area (Å²) >= 11 is 0. The van der Waals surface area contributed by atoms with Crippen molar-refractivity contribution in [1.82, 2.24) is 20.1 Å². The summed E-state index contributed by atoms with van der Waals surface area (Å²) in [6.45, 7) is 0.108. The van der Waals surface area contributed by atoms with Gasteiger partial charge in [-0.3, -0.25) is 9.89 Å². The van der Waals surface area contributed by atoms with Crippen molar-refractivity contribution >= 4 is 11.9 Å². The first-order valence-corrected chi connectivity index (χ1v) is 5.34. The summed E-state index contributed by atoms with van der Waals surface area (Å²) in [5.41, 5.74) is 5.75. The summed E-state index contributed by atoms with van der Waals surface area (Å²) in [6.07, 6.45) is 0. The molecule has 1 heterocycles. The van der Waals surface area contributed by atoms with Crippen molar-refractivity contribution in [2.24, 2.45) is 0 Å². The number of nitrogens with zero attached hydrogens (tertiary/aromatic N) is 3. The average Bonchev–Trinajstić information content (AvgIpc) is 2.79. The van der Waals surface area contributed by atoms with E-state index in [1.807, 2.05) is 0 Å². The Balaban J connectivity index is 2.10. The molecule has 0 radical (unpaired) electrons. The van der Waals surface area contributed by atoms with Gasteiger partial charge in [0.15, 0.2) is 11.6 Å². The molecule has 2 aromatic rings. The predicted molar refractivity (Wildman–Crippen MR) is 63.0 cm³/mol. The van der Waals surface area contributed by atoms with E-state index in [4.69, 9.17) is 5.73 Å². The van der Waals surface area contributed by atoms with Crippen LogP contribution in [0.1, 0.15) is 16.2 Å². The Morgan fingerprint density at radius 3 is 2.74 bits per heavy atom. The lowest BCUT2D eigenvalue weighted by molar-refractivity contribution is 0.0773. The minimum absolute atomic E-state index is 0.0115. The number of nitrogens with one attached hydrogen (secondary N) is 1. The van der Waals surface area contributed by atoms with E-state index in [-0.39, 0.29) is 18.3 Å². The third kappa shape index (κ3) is 2.84. The van der Waals surface area contributed by atoms with Crippen LogP contribution in [0.25, 0.3) is 0 Å². The highest BCUT2D eigenvalue weighted by atomic mass is 19.2. The molecule has 0 aliphatic heterocycles. The van der Waals surface area contributed by atoms with E-state index in [0.717, 1.165) is 12.1 Å². The largest absolute Gasteiger partial charge is 0.366 e. The molecule has 0 unspecified atom stereocenters. The van der Waals surface area contributed by atoms with Crippen LogP contribution in [0.15, 0.2) is 18.2 Å². The quantitative estimate of drug-likeness (QED) is 0.866. The molecule has 3 N–H and O–H groups in total. The van der Waals surface area contributed by atoms with Crippen LogP contribution in [0.5, 0.6) is 0 Å². The van der Waals surface area contributed by atoms with Gasteiger partial charge < -0.3 is 10.6 Å². The fourth-order valence-corrected chi connectivity index (χ4v) is 1.53. The van der Waals surface area contributed by atoms with Crippen LogP contribution >= 0.6 is 0 Å². The Hall–Kier alpha value is -2.51. The van der Waals surface area contributed by atoms with Gasteiger partial charge in [-0.1, -0.05) is 6.07 Å². The van der Waals surface area contributed by atoms with Crippen LogP contribution in [0.2, 0.25) is 0 Å². The lowest BCUT2D eigenvalue weighted by atomic mass is 10.2. The maximum atomic E-state index is 13.0. The number of benzene rings is 1. The Labute approximate surface area is 107 Å². The maximum absolute atomic E-state index is 13.0. The molecule has 0 aliphatic carbocycles. The Bertz CT molecular complexity index is 613. The summed E-state index contributed by atoms with van der Waals surface area (Å²) in [5.74, 6) is -2.39. The maximum Gasteiger partial charge on any atom is 0.291 e. The van der Waals surface area contributed by atoms with Gasteiger partial charge in [-0.05, 0) is 17.7 Å². The van der Waals surface area contributed by atoms with Crippen molar-refractivity contribution in [1.29, 1.82) is 0 Å². The summed E-state index contributed by atoms with van der Waals surface area (Å²) in [5, 5.41) is 5.92. The van der Waals surface area contributed by atoms with Crippen LogP contribution in [-0.2, 0) is 6.54 Å². The van der Waals surface area contributed by atoms with Crippen molar-refractivity contribution in [3.63, 3.8) is 0 Å². The standard InChI is InChI=1S/C11H11F2N5O/c1-18(10(19)9-15-11(14)17-16-9)5-6-2-3-7(12)8(13)4-6/h2-4H,5H2,1H3,(H3,14,15,16,17). The number of hydrogen-bond acceptors (Lipinski definition) is 4. The second kappa shape index (κ2) is 5.01. The Kier molecular flexibility index (Phi) is 3.41. The minimum Gasteiger partial charge on any atom is -0.366 e. The second-order valence-corrected chi connectivity index (χ2v) is 3.95. The van der Waals surface area contributed by atoms with E-state index in [0.29, 0.717) is 5.56 Å². The molecule has 0 aliphatic rings. The highest BCUT2D eigenvalue weighted by Crippen LogP contribution is 2.11. The summed E-state index contributed by atoms with van der Waals surface area (Å²) in [7, 11) is 1.50. The van der Waals surface area contributed by atoms with Gasteiger partial charge in [-0.15, -0.1) is 5.10 Å². The van der Waals surface area contributed by atoms with Crippen molar-refractivity contribution in [3.05, 3.63) is 41.2 Å². The number of amides is 1. The molecule has 0 saturated heterocycles. The molecule has 0 saturated carbocycles. The predicted octanol–water partition coefficient (Wildman–Crippen LogP) is 0.937. The number of halogens is 2. The molecule has 100 valence electrons. The number of rotatable bonds is 3. The highest BCUT2D eigenvalue weighted by Gasteiger charge is 2.16. The molecule has 6 nitrogen and oxygen atoms in total. The number of carbonyl (C=O) groups excluding carboxylic acids is 1. The van der Waals surface area contributed by atoms with Gasteiger partial charge in [0.2, 0.25) is 11.8 Å². The summed E-state index contributed by atoms with van der Waals surface area (Å²) in [4.78, 5) is 16.9. The first kappa shape index (κ1) is 12.9. The number of carbonyl (C=O) groups is 1. The minimum atomic E-state index is -0.956. The van der Waals surface area contributed by atoms with Crippen molar-refractivity contribution < 1.29 is 13.6 Å². The van der Waals surface area contributed by atoms with E-state index in [9.17, 15) is 13.6 Å². The highest BCUT2D eigenvalue weighted by molar-refractivity contribution is 5.90. The fourth-order valence-electron chi connectivity index (χ4n) is 1.53. The Morgan fingerprint density at radius 2 is 2.16 bits per heavy atom. The topological polar surface area (TPSA) is 87.9 Å². The zero-order chi connectivity index (χ0) is 14.0. The van der Waals surface area contributed by atoms with Crippen molar-refractivity contribution in [2.75, 3.05) is 12.8 Å². The summed E-state index contributed by atoms with van der Waals surface area (Å²) < 4.78 is 25.8. The number of aromatic amines is 1. The number of anilines is 1. The first-order chi connectivity index (χ1) is 8.97. The molecule has 0 fully saturated rings. The molecule has 1 aromatic carbocycles. The monoisotopic (exact) mass is 267 g/mol. The van der Waals surface area contributed by atoms with E-state index in [1.165, 1.54) is 18.0 Å². The van der Waals surface area contributed by atoms with Crippen LogP contribution in [0.4, 0.5) is 14.7 Å². The third-order valence-electron chi connectivity index (χ3n) is 2.46. The molecule has 1 aromatic heterocycles. The molecule has 19 heavy (non-hydrogen) atoms. The normalized spacial score (nSPS) is 10.5. The van der Waals surface area contributed by atoms with Crippen LogP contribution in [0.3, 0.4) is 0 Å². The molecular formula is C11H11F2N5O. The zero-order valence-corrected chi connectivity index (χ0v) is 10.0. The lowest BCUT2D eigenvalue weighted by Crippen LogP contribution is -2.27. The molecule has 8 heteroatoms. The number of aromatic nitrogens is 3. The summed E-state index contributed by atoms with van der Waals surface area (Å²) in [6, 6.07) is 3.44. The lowest BCUT2D eigenvalue weighted by Gasteiger charge is -2.15. The van der Waals surface area contributed by atoms with Gasteiger partial charge in [0.1, 0.15) is 0 Å². The second-order valence-electron chi connectivity index (χ2n) is 3.95. The number of nitrogens with two attached hydrogens (primary N) is 1. The Morgan fingerprint density at radius 1 is 1.42 bits per heavy atom. The third-order valence-corrected chi connectivity index (χ3v) is 2.46. The molecule has 0 atom stereocenters. The number of H-pyrrole nitrogens is 1. The van der Waals surface area contributed by atoms with Gasteiger partial charge in [-0.2, -0.15) is 4.98 Å². The van der Waals surface area contributed by atoms with Crippen LogP contribution < -0.4 is 5.73 Å². The van der Waals surface area contributed by atoms with Crippen LogP contribution in [0, 0.1) is 11.6 Å². The smallest absolute Gasteiger partial charge is 0.291 e. The number of hydrogen-bond donors (Lipinski definition) is 2. The average molecular weight is 267 g/mol. The molecule has 0 bridgehead atoms. The van der Waals surface area contributed by atoms with E-state index in [1.54, 1.807) is 0 Å². The molecule has 1 amide bonds. The van der Waals surface area contributed by atoms with Crippen molar-refractivity contribution in [2.45, 2.75) is 6.54 Å². The van der Waals surface area contributed by atoms with E-state index in [2.05, 4.69) is 15.2 Å². The van der Waals surface area contributed by atoms with E-state index < -0.39 is 17.5 Å². The first-order valence-electron chi connectivity index (χ1n) is 5.34. The van der Waals surface area contributed by atoms with Gasteiger partial charge in [0.25, 0.3) is 5.91 Å². The SMILES string of the molecule is CN(Cc1ccc(F)c(F)c1)C(=O)c1nc(N)n[nH]1.